The van der Waals surface area contributed by atoms with Gasteiger partial charge in [0, 0.05) is 24.2 Å². The highest BCUT2D eigenvalue weighted by molar-refractivity contribution is 6.60. The molecule has 0 bridgehead atoms. The Morgan fingerprint density at radius 1 is 1.12 bits per heavy atom. The predicted molar refractivity (Wildman–Crippen MR) is 93.9 cm³/mol. The van der Waals surface area contributed by atoms with Gasteiger partial charge >= 0.3 is 13.1 Å². The molecule has 0 amide bonds. The second kappa shape index (κ2) is 8.64. The van der Waals surface area contributed by atoms with Gasteiger partial charge in [0.2, 0.25) is 0 Å². The van der Waals surface area contributed by atoms with Crippen LogP contribution in [0.2, 0.25) is 0 Å². The largest absolute Gasteiger partial charge is 0.490 e. The fraction of sp³-hybridized carbons (Fsp3) is 0.562. The van der Waals surface area contributed by atoms with Gasteiger partial charge in [-0.25, -0.2) is 4.79 Å². The van der Waals surface area contributed by atoms with Crippen LogP contribution in [0.25, 0.3) is 0 Å². The van der Waals surface area contributed by atoms with Crippen LogP contribution in [0, 0.1) is 0 Å². The van der Waals surface area contributed by atoms with Crippen molar-refractivity contribution in [3.63, 3.8) is 0 Å². The van der Waals surface area contributed by atoms with Crippen molar-refractivity contribution in [1.29, 1.82) is 0 Å². The Kier molecular flexibility index (Phi) is 7.39. The number of rotatable bonds is 4. The van der Waals surface area contributed by atoms with E-state index in [1.54, 1.807) is 12.1 Å². The molecule has 5 N–H and O–H groups in total. The summed E-state index contributed by atoms with van der Waals surface area (Å²) in [7, 11) is -1.41. The van der Waals surface area contributed by atoms with Gasteiger partial charge in [0.25, 0.3) is 0 Å². The number of carboxylic acids is 1. The van der Waals surface area contributed by atoms with Gasteiger partial charge in [-0.2, -0.15) is 0 Å². The number of hydrogen-bond donors (Lipinski definition) is 5. The fourth-order valence-corrected chi connectivity index (χ4v) is 2.06. The lowest BCUT2D eigenvalue weighted by Gasteiger charge is -2.30. The first kappa shape index (κ1) is 21.4. The summed E-state index contributed by atoms with van der Waals surface area (Å²) in [6, 6.07) is 7.34. The molecule has 1 saturated heterocycles. The van der Waals surface area contributed by atoms with Crippen molar-refractivity contribution in [3.8, 4) is 0 Å². The highest BCUT2D eigenvalue weighted by Gasteiger charge is 2.44. The van der Waals surface area contributed by atoms with Crippen molar-refractivity contribution in [2.45, 2.75) is 32.0 Å². The quantitative estimate of drug-likeness (QED) is 0.426. The van der Waals surface area contributed by atoms with Gasteiger partial charge < -0.3 is 35.0 Å². The molecule has 25 heavy (non-hydrogen) atoms. The maximum Gasteiger partial charge on any atom is 0.490 e. The van der Waals surface area contributed by atoms with Crippen molar-refractivity contribution >= 4 is 24.2 Å². The summed E-state index contributed by atoms with van der Waals surface area (Å²) in [6.45, 7) is 6.50. The first-order valence-electron chi connectivity index (χ1n) is 7.94. The van der Waals surface area contributed by atoms with Crippen molar-refractivity contribution in [2.75, 3.05) is 31.2 Å². The second-order valence-electron chi connectivity index (χ2n) is 6.47. The SMILES string of the molecule is CC(C)(O)C(C)(O)C(=O)O.OB(O)c1ccccc1N1CCOCC1. The molecule has 2 rings (SSSR count). The third-order valence-corrected chi connectivity index (χ3v) is 4.17. The number of para-hydroxylation sites is 1. The molecule has 1 aliphatic rings. The molecule has 8 nitrogen and oxygen atoms in total. The van der Waals surface area contributed by atoms with Gasteiger partial charge in [-0.15, -0.1) is 0 Å². The molecular formula is C16H26BNO7. The number of carbonyl (C=O) groups is 1. The number of nitrogens with zero attached hydrogens (tertiary/aromatic N) is 1. The molecule has 1 aliphatic heterocycles. The minimum Gasteiger partial charge on any atom is -0.479 e. The van der Waals surface area contributed by atoms with Crippen LogP contribution >= 0.6 is 0 Å². The van der Waals surface area contributed by atoms with Crippen LogP contribution in [0.3, 0.4) is 0 Å². The van der Waals surface area contributed by atoms with Crippen LogP contribution in [0.15, 0.2) is 24.3 Å². The van der Waals surface area contributed by atoms with E-state index in [9.17, 15) is 14.8 Å². The summed E-state index contributed by atoms with van der Waals surface area (Å²) in [6.07, 6.45) is 0. The predicted octanol–water partition coefficient (Wildman–Crippen LogP) is -1.20. The third-order valence-electron chi connectivity index (χ3n) is 4.17. The molecule has 1 heterocycles. The molecule has 1 fully saturated rings. The lowest BCUT2D eigenvalue weighted by atomic mass is 9.78. The Morgan fingerprint density at radius 2 is 1.64 bits per heavy atom. The van der Waals surface area contributed by atoms with Gasteiger partial charge in [-0.05, 0) is 26.8 Å². The zero-order valence-corrected chi connectivity index (χ0v) is 14.7. The van der Waals surface area contributed by atoms with E-state index in [-0.39, 0.29) is 0 Å². The average molecular weight is 355 g/mol. The number of carboxylic acid groups (broad SMARTS) is 1. The zero-order chi connectivity index (χ0) is 19.3. The molecule has 9 heteroatoms. The number of ether oxygens (including phenoxy) is 1. The number of aliphatic hydroxyl groups is 2. The van der Waals surface area contributed by atoms with Crippen LogP contribution in [0.1, 0.15) is 20.8 Å². The number of morpholine rings is 1. The Balaban J connectivity index is 0.000000275. The van der Waals surface area contributed by atoms with Gasteiger partial charge in [0.05, 0.1) is 18.8 Å². The Bertz CT molecular complexity index is 566. The third kappa shape index (κ3) is 5.69. The number of aliphatic carboxylic acids is 1. The summed E-state index contributed by atoms with van der Waals surface area (Å²) in [5.74, 6) is -1.43. The Hall–Kier alpha value is -1.65. The molecule has 0 spiro atoms. The lowest BCUT2D eigenvalue weighted by Crippen LogP contribution is -2.53. The lowest BCUT2D eigenvalue weighted by molar-refractivity contribution is -0.181. The molecule has 0 aliphatic carbocycles. The zero-order valence-electron chi connectivity index (χ0n) is 14.7. The van der Waals surface area contributed by atoms with Crippen molar-refractivity contribution in [3.05, 3.63) is 24.3 Å². The summed E-state index contributed by atoms with van der Waals surface area (Å²) in [5.41, 5.74) is -2.28. The number of anilines is 1. The first-order valence-corrected chi connectivity index (χ1v) is 7.94. The maximum atomic E-state index is 10.3. The van der Waals surface area contributed by atoms with E-state index >= 15 is 0 Å². The Morgan fingerprint density at radius 3 is 2.04 bits per heavy atom. The molecule has 1 aromatic carbocycles. The molecule has 0 aromatic heterocycles. The minimum atomic E-state index is -2.09. The molecule has 140 valence electrons. The summed E-state index contributed by atoms with van der Waals surface area (Å²) in [5, 5.41) is 45.0. The van der Waals surface area contributed by atoms with Gasteiger partial charge in [-0.1, -0.05) is 18.2 Å². The average Bonchev–Trinajstić information content (AvgIpc) is 2.55. The maximum absolute atomic E-state index is 10.3. The van der Waals surface area contributed by atoms with E-state index in [2.05, 4.69) is 4.90 Å². The molecule has 1 unspecified atom stereocenters. The van der Waals surface area contributed by atoms with E-state index in [1.807, 2.05) is 12.1 Å². The van der Waals surface area contributed by atoms with Gasteiger partial charge in [0.15, 0.2) is 5.60 Å². The van der Waals surface area contributed by atoms with E-state index < -0.39 is 24.3 Å². The van der Waals surface area contributed by atoms with Crippen LogP contribution < -0.4 is 10.4 Å². The molecular weight excluding hydrogens is 329 g/mol. The van der Waals surface area contributed by atoms with Crippen molar-refractivity contribution < 1.29 is 34.9 Å². The molecule has 0 saturated carbocycles. The van der Waals surface area contributed by atoms with Gasteiger partial charge in [-0.3, -0.25) is 0 Å². The van der Waals surface area contributed by atoms with Crippen molar-refractivity contribution in [2.24, 2.45) is 0 Å². The standard InChI is InChI=1S/C10H14BNO3.C6H12O4/c13-11(14)9-3-1-2-4-10(9)12-5-7-15-8-6-12;1-5(2,9)6(3,10)4(7)8/h1-4,13-14H,5-8H2;9-10H,1-3H3,(H,7,8). The first-order chi connectivity index (χ1) is 11.5. The number of hydrogen-bond acceptors (Lipinski definition) is 7. The van der Waals surface area contributed by atoms with E-state index in [1.165, 1.54) is 13.8 Å². The summed E-state index contributed by atoms with van der Waals surface area (Å²) in [4.78, 5) is 12.4. The fourth-order valence-electron chi connectivity index (χ4n) is 2.06. The Labute approximate surface area is 147 Å². The van der Waals surface area contributed by atoms with Crippen LogP contribution in [-0.2, 0) is 9.53 Å². The molecule has 1 atom stereocenters. The molecule has 0 radical (unpaired) electrons. The van der Waals surface area contributed by atoms with Crippen LogP contribution in [0.5, 0.6) is 0 Å². The monoisotopic (exact) mass is 355 g/mol. The second-order valence-corrected chi connectivity index (χ2v) is 6.47. The van der Waals surface area contributed by atoms with E-state index in [0.29, 0.717) is 18.7 Å². The summed E-state index contributed by atoms with van der Waals surface area (Å²) < 4.78 is 5.25. The topological polar surface area (TPSA) is 131 Å². The van der Waals surface area contributed by atoms with Crippen LogP contribution in [-0.4, -0.2) is 76.0 Å². The van der Waals surface area contributed by atoms with E-state index in [4.69, 9.17) is 20.1 Å². The van der Waals surface area contributed by atoms with E-state index in [0.717, 1.165) is 25.7 Å². The highest BCUT2D eigenvalue weighted by Crippen LogP contribution is 2.20. The highest BCUT2D eigenvalue weighted by atomic mass is 16.5. The molecule has 1 aromatic rings. The number of benzene rings is 1. The smallest absolute Gasteiger partial charge is 0.479 e. The minimum absolute atomic E-state index is 0.555. The van der Waals surface area contributed by atoms with Crippen molar-refractivity contribution in [1.82, 2.24) is 0 Å². The van der Waals surface area contributed by atoms with Gasteiger partial charge in [0.1, 0.15) is 0 Å². The van der Waals surface area contributed by atoms with Crippen LogP contribution in [0.4, 0.5) is 5.69 Å². The summed E-state index contributed by atoms with van der Waals surface area (Å²) >= 11 is 0. The normalized spacial score (nSPS) is 17.2.